The highest BCUT2D eigenvalue weighted by Crippen LogP contribution is 2.55. The molecule has 0 fully saturated rings. The van der Waals surface area contributed by atoms with E-state index in [4.69, 9.17) is 9.47 Å². The monoisotopic (exact) mass is 385 g/mol. The molecular formula is C20H20BrNO2. The molecule has 1 spiro atoms. The Kier molecular flexibility index (Phi) is 3.26. The number of halogens is 1. The fourth-order valence-electron chi connectivity index (χ4n) is 3.88. The van der Waals surface area contributed by atoms with Gasteiger partial charge >= 0.3 is 0 Å². The van der Waals surface area contributed by atoms with E-state index in [-0.39, 0.29) is 5.41 Å². The summed E-state index contributed by atoms with van der Waals surface area (Å²) in [5.41, 5.74) is 2.70. The summed E-state index contributed by atoms with van der Waals surface area (Å²) < 4.78 is 13.1. The van der Waals surface area contributed by atoms with Gasteiger partial charge in [-0.05, 0) is 61.9 Å². The summed E-state index contributed by atoms with van der Waals surface area (Å²) in [6.45, 7) is 4.45. The molecule has 1 unspecified atom stereocenters. The number of rotatable bonds is 1. The standard InChI is InChI=1S/C20H20BrNO2/c1-19(2)16-12-15(23-4)7-8-17(16)22(3)20(19)10-9-13-5-6-14(21)11-18(13)24-20/h5-12H,1-4H3. The van der Waals surface area contributed by atoms with Crippen molar-refractivity contribution < 1.29 is 9.47 Å². The first kappa shape index (κ1) is 15.6. The van der Waals surface area contributed by atoms with Gasteiger partial charge in [0.15, 0.2) is 0 Å². The summed E-state index contributed by atoms with van der Waals surface area (Å²) in [6, 6.07) is 12.4. The minimum atomic E-state index is -0.560. The SMILES string of the molecule is COc1ccc2c(c1)C(C)(C)C1(C=Cc3ccc(Br)cc3O1)N2C. The molecule has 0 amide bonds. The second-order valence-electron chi connectivity index (χ2n) is 6.88. The van der Waals surface area contributed by atoms with Gasteiger partial charge in [0.2, 0.25) is 5.72 Å². The molecule has 0 aromatic heterocycles. The molecule has 2 aliphatic heterocycles. The van der Waals surface area contributed by atoms with Crippen molar-refractivity contribution in [1.82, 2.24) is 0 Å². The molecule has 3 nitrogen and oxygen atoms in total. The molecule has 0 saturated carbocycles. The van der Waals surface area contributed by atoms with E-state index in [1.165, 1.54) is 11.3 Å². The Morgan fingerprint density at radius 3 is 2.67 bits per heavy atom. The molecule has 124 valence electrons. The highest BCUT2D eigenvalue weighted by atomic mass is 79.9. The molecule has 2 aromatic rings. The van der Waals surface area contributed by atoms with E-state index < -0.39 is 5.72 Å². The Morgan fingerprint density at radius 1 is 1.12 bits per heavy atom. The Labute approximate surface area is 151 Å². The van der Waals surface area contributed by atoms with Gasteiger partial charge in [0, 0.05) is 22.8 Å². The third-order valence-corrected chi connectivity index (χ3v) is 5.86. The topological polar surface area (TPSA) is 21.7 Å². The third kappa shape index (κ3) is 1.89. The second kappa shape index (κ2) is 5.03. The summed E-state index contributed by atoms with van der Waals surface area (Å²) in [7, 11) is 3.79. The fourth-order valence-corrected chi connectivity index (χ4v) is 4.22. The van der Waals surface area contributed by atoms with E-state index in [1.807, 2.05) is 18.2 Å². The molecule has 0 bridgehead atoms. The average Bonchev–Trinajstić information content (AvgIpc) is 2.73. The van der Waals surface area contributed by atoms with Crippen LogP contribution in [-0.2, 0) is 5.41 Å². The molecule has 24 heavy (non-hydrogen) atoms. The lowest BCUT2D eigenvalue weighted by molar-refractivity contribution is 0.0580. The van der Waals surface area contributed by atoms with Gasteiger partial charge in [-0.15, -0.1) is 0 Å². The predicted octanol–water partition coefficient (Wildman–Crippen LogP) is 4.99. The summed E-state index contributed by atoms with van der Waals surface area (Å²) in [5.74, 6) is 1.77. The second-order valence-corrected chi connectivity index (χ2v) is 7.80. The molecule has 4 rings (SSSR count). The Hall–Kier alpha value is -1.94. The van der Waals surface area contributed by atoms with Gasteiger partial charge in [0.05, 0.1) is 12.5 Å². The van der Waals surface area contributed by atoms with Crippen LogP contribution in [0.3, 0.4) is 0 Å². The van der Waals surface area contributed by atoms with Crippen LogP contribution in [0.15, 0.2) is 46.9 Å². The van der Waals surface area contributed by atoms with E-state index in [0.717, 1.165) is 21.5 Å². The largest absolute Gasteiger partial charge is 0.497 e. The molecule has 1 atom stereocenters. The van der Waals surface area contributed by atoms with Gasteiger partial charge in [0.25, 0.3) is 0 Å². The van der Waals surface area contributed by atoms with Crippen LogP contribution in [0.5, 0.6) is 11.5 Å². The zero-order valence-corrected chi connectivity index (χ0v) is 15.8. The maximum absolute atomic E-state index is 6.61. The maximum atomic E-state index is 6.61. The van der Waals surface area contributed by atoms with Crippen LogP contribution in [0, 0.1) is 0 Å². The summed E-state index contributed by atoms with van der Waals surface area (Å²) in [5, 5.41) is 0. The lowest BCUT2D eigenvalue weighted by Crippen LogP contribution is -2.58. The summed E-state index contributed by atoms with van der Waals surface area (Å²) >= 11 is 3.54. The Morgan fingerprint density at radius 2 is 1.92 bits per heavy atom. The van der Waals surface area contributed by atoms with Gasteiger partial charge in [-0.2, -0.15) is 0 Å². The smallest absolute Gasteiger partial charge is 0.211 e. The first-order valence-corrected chi connectivity index (χ1v) is 8.78. The average molecular weight is 386 g/mol. The Balaban J connectivity index is 1.88. The van der Waals surface area contributed by atoms with Crippen molar-refractivity contribution in [3.63, 3.8) is 0 Å². The van der Waals surface area contributed by atoms with Gasteiger partial charge in [-0.25, -0.2) is 0 Å². The van der Waals surface area contributed by atoms with Crippen LogP contribution in [0.4, 0.5) is 5.69 Å². The van der Waals surface area contributed by atoms with E-state index in [1.54, 1.807) is 7.11 Å². The molecule has 0 aliphatic carbocycles. The predicted molar refractivity (Wildman–Crippen MR) is 101 cm³/mol. The number of nitrogens with zero attached hydrogens (tertiary/aromatic N) is 1. The number of fused-ring (bicyclic) bond motifs is 2. The van der Waals surface area contributed by atoms with Crippen molar-refractivity contribution >= 4 is 27.7 Å². The van der Waals surface area contributed by atoms with Crippen LogP contribution in [0.2, 0.25) is 0 Å². The van der Waals surface area contributed by atoms with Gasteiger partial charge in [-0.3, -0.25) is 0 Å². The molecule has 2 heterocycles. The molecule has 2 aromatic carbocycles. The molecule has 4 heteroatoms. The lowest BCUT2D eigenvalue weighted by atomic mass is 9.76. The number of anilines is 1. The van der Waals surface area contributed by atoms with Gasteiger partial charge < -0.3 is 14.4 Å². The minimum absolute atomic E-state index is 0.234. The fraction of sp³-hybridized carbons (Fsp3) is 0.300. The Bertz CT molecular complexity index is 859. The van der Waals surface area contributed by atoms with Crippen LogP contribution >= 0.6 is 15.9 Å². The zero-order chi connectivity index (χ0) is 17.1. The zero-order valence-electron chi connectivity index (χ0n) is 14.3. The van der Waals surface area contributed by atoms with Crippen molar-refractivity contribution in [3.8, 4) is 11.5 Å². The van der Waals surface area contributed by atoms with Crippen molar-refractivity contribution in [2.45, 2.75) is 25.0 Å². The van der Waals surface area contributed by atoms with Crippen molar-refractivity contribution in [3.05, 3.63) is 58.1 Å². The molecule has 0 saturated heterocycles. The van der Waals surface area contributed by atoms with Gasteiger partial charge in [0.1, 0.15) is 11.5 Å². The summed E-state index contributed by atoms with van der Waals surface area (Å²) in [6.07, 6.45) is 4.34. The summed E-state index contributed by atoms with van der Waals surface area (Å²) in [4.78, 5) is 2.22. The first-order chi connectivity index (χ1) is 11.4. The maximum Gasteiger partial charge on any atom is 0.211 e. The van der Waals surface area contributed by atoms with Crippen molar-refractivity contribution in [1.29, 1.82) is 0 Å². The normalized spacial score (nSPS) is 23.0. The van der Waals surface area contributed by atoms with E-state index in [0.29, 0.717) is 0 Å². The van der Waals surface area contributed by atoms with E-state index >= 15 is 0 Å². The first-order valence-electron chi connectivity index (χ1n) is 7.99. The van der Waals surface area contributed by atoms with Crippen LogP contribution < -0.4 is 14.4 Å². The highest BCUT2D eigenvalue weighted by molar-refractivity contribution is 9.10. The molecule has 0 N–H and O–H groups in total. The number of hydrogen-bond donors (Lipinski definition) is 0. The third-order valence-electron chi connectivity index (χ3n) is 5.36. The van der Waals surface area contributed by atoms with Crippen LogP contribution in [0.25, 0.3) is 6.08 Å². The molecular weight excluding hydrogens is 366 g/mol. The van der Waals surface area contributed by atoms with E-state index in [2.05, 4.69) is 72.1 Å². The lowest BCUT2D eigenvalue weighted by Gasteiger charge is -2.45. The van der Waals surface area contributed by atoms with Crippen LogP contribution in [-0.4, -0.2) is 19.9 Å². The van der Waals surface area contributed by atoms with Crippen molar-refractivity contribution in [2.75, 3.05) is 19.1 Å². The molecule has 2 aliphatic rings. The van der Waals surface area contributed by atoms with Crippen molar-refractivity contribution in [2.24, 2.45) is 0 Å². The van der Waals surface area contributed by atoms with Gasteiger partial charge in [-0.1, -0.05) is 22.0 Å². The molecule has 0 radical (unpaired) electrons. The number of likely N-dealkylation sites (N-methyl/N-ethyl adjacent to an activating group) is 1. The van der Waals surface area contributed by atoms with E-state index in [9.17, 15) is 0 Å². The highest BCUT2D eigenvalue weighted by Gasteiger charge is 2.57. The number of methoxy groups -OCH3 is 1. The van der Waals surface area contributed by atoms with Crippen LogP contribution in [0.1, 0.15) is 25.0 Å². The number of ether oxygens (including phenoxy) is 2. The number of benzene rings is 2. The number of hydrogen-bond acceptors (Lipinski definition) is 3. The minimum Gasteiger partial charge on any atom is -0.497 e. The quantitative estimate of drug-likeness (QED) is 0.690.